The quantitative estimate of drug-likeness (QED) is 0.125. The Hall–Kier alpha value is -2.80. The van der Waals surface area contributed by atoms with E-state index in [1.165, 1.54) is 6.20 Å². The van der Waals surface area contributed by atoms with Crippen molar-refractivity contribution in [2.45, 2.75) is 44.7 Å². The number of halogens is 1. The molecule has 178 valence electrons. The molecule has 7 heteroatoms. The van der Waals surface area contributed by atoms with Gasteiger partial charge in [0.2, 0.25) is 5.54 Å². The van der Waals surface area contributed by atoms with Crippen LogP contribution in [-0.4, -0.2) is 24.8 Å². The van der Waals surface area contributed by atoms with Gasteiger partial charge in [0.1, 0.15) is 5.15 Å². The number of nitrogens with zero attached hydrogens (tertiary/aromatic N) is 2. The Morgan fingerprint density at radius 2 is 1.53 bits per heavy atom. The second kappa shape index (κ2) is 10.2. The van der Waals surface area contributed by atoms with Crippen molar-refractivity contribution in [1.82, 2.24) is 4.98 Å². The Balaban J connectivity index is 1.96. The van der Waals surface area contributed by atoms with Gasteiger partial charge in [0.05, 0.1) is 6.61 Å². The van der Waals surface area contributed by atoms with Crippen LogP contribution in [0.3, 0.4) is 0 Å². The summed E-state index contributed by atoms with van der Waals surface area (Å²) < 4.78 is 6.89. The van der Waals surface area contributed by atoms with E-state index in [2.05, 4.69) is 56.6 Å². The summed E-state index contributed by atoms with van der Waals surface area (Å²) >= 11 is 5.89. The molecule has 0 aliphatic heterocycles. The van der Waals surface area contributed by atoms with Gasteiger partial charge in [-0.05, 0) is 33.1 Å². The number of aromatic nitrogens is 1. The predicted octanol–water partition coefficient (Wildman–Crippen LogP) is 5.75. The molecule has 3 aromatic rings. The van der Waals surface area contributed by atoms with Gasteiger partial charge < -0.3 is 4.43 Å². The van der Waals surface area contributed by atoms with E-state index in [0.29, 0.717) is 16.3 Å². The third-order valence-corrected chi connectivity index (χ3v) is 11.5. The fourth-order valence-corrected chi connectivity index (χ4v) is 9.16. The van der Waals surface area contributed by atoms with Crippen LogP contribution in [-0.2, 0) is 9.96 Å². The second-order valence-corrected chi connectivity index (χ2v) is 14.5. The van der Waals surface area contributed by atoms with E-state index in [0.717, 1.165) is 10.4 Å². The summed E-state index contributed by atoms with van der Waals surface area (Å²) in [5.41, 5.74) is -0.251. The van der Waals surface area contributed by atoms with Gasteiger partial charge in [0.15, 0.2) is 0 Å². The summed E-state index contributed by atoms with van der Waals surface area (Å²) in [6.07, 6.45) is 1.59. The van der Waals surface area contributed by atoms with E-state index in [4.69, 9.17) is 16.0 Å². The third kappa shape index (κ3) is 5.14. The first-order valence-corrected chi connectivity index (χ1v) is 13.5. The lowest BCUT2D eigenvalue weighted by Gasteiger charge is -2.43. The highest BCUT2D eigenvalue weighted by molar-refractivity contribution is 6.99. The first kappa shape index (κ1) is 25.8. The Kier molecular flexibility index (Phi) is 7.76. The lowest BCUT2D eigenvalue weighted by atomic mass is 9.87. The van der Waals surface area contributed by atoms with Crippen molar-refractivity contribution >= 4 is 30.3 Å². The standard InChI is InChI=1S/C27H31ClN2O3Si/c1-21(18-27(5,30(31)32)22-16-17-25(28)29-19-22)20-33-34(26(2,3)4,23-12-8-6-9-13-23)24-14-10-7-11-15-24/h6-17,19H,1,18,20H2,2-5H3/t27-/m0/s1. The van der Waals surface area contributed by atoms with Crippen LogP contribution >= 0.6 is 11.6 Å². The average molecular weight is 495 g/mol. The zero-order valence-electron chi connectivity index (χ0n) is 20.1. The first-order valence-electron chi connectivity index (χ1n) is 11.2. The van der Waals surface area contributed by atoms with Gasteiger partial charge in [-0.2, -0.15) is 0 Å². The minimum Gasteiger partial charge on any atom is -0.403 e. The summed E-state index contributed by atoms with van der Waals surface area (Å²) in [7, 11) is -2.76. The Labute approximate surface area is 207 Å². The molecule has 0 N–H and O–H groups in total. The van der Waals surface area contributed by atoms with Crippen molar-refractivity contribution in [2.24, 2.45) is 0 Å². The highest BCUT2D eigenvalue weighted by Gasteiger charge is 2.50. The smallest absolute Gasteiger partial charge is 0.261 e. The maximum atomic E-state index is 12.1. The van der Waals surface area contributed by atoms with Crippen LogP contribution in [0.2, 0.25) is 10.2 Å². The van der Waals surface area contributed by atoms with Crippen LogP contribution in [0.5, 0.6) is 0 Å². The zero-order valence-corrected chi connectivity index (χ0v) is 21.9. The molecule has 0 bridgehead atoms. The van der Waals surface area contributed by atoms with Crippen LogP contribution in [0.4, 0.5) is 0 Å². The molecule has 0 aliphatic carbocycles. The second-order valence-electron chi connectivity index (χ2n) is 9.78. The molecule has 2 aromatic carbocycles. The number of nitro groups is 1. The lowest BCUT2D eigenvalue weighted by molar-refractivity contribution is -0.574. The van der Waals surface area contributed by atoms with Crippen LogP contribution < -0.4 is 10.4 Å². The molecule has 3 rings (SSSR count). The highest BCUT2D eigenvalue weighted by atomic mass is 35.5. The fourth-order valence-electron chi connectivity index (χ4n) is 4.48. The maximum Gasteiger partial charge on any atom is 0.261 e. The average Bonchev–Trinajstić information content (AvgIpc) is 2.80. The Bertz CT molecular complexity index is 1090. The van der Waals surface area contributed by atoms with Crippen molar-refractivity contribution in [1.29, 1.82) is 0 Å². The van der Waals surface area contributed by atoms with Crippen molar-refractivity contribution in [3.63, 3.8) is 0 Å². The molecule has 0 radical (unpaired) electrons. The topological polar surface area (TPSA) is 65.3 Å². The molecule has 1 aromatic heterocycles. The van der Waals surface area contributed by atoms with Crippen LogP contribution in [0, 0.1) is 10.1 Å². The predicted molar refractivity (Wildman–Crippen MR) is 141 cm³/mol. The molecule has 0 fully saturated rings. The molecule has 5 nitrogen and oxygen atoms in total. The van der Waals surface area contributed by atoms with Crippen LogP contribution in [0.25, 0.3) is 0 Å². The number of hydrogen-bond donors (Lipinski definition) is 0. The number of rotatable bonds is 9. The zero-order chi connectivity index (χ0) is 25.0. The normalized spacial score (nSPS) is 13.8. The van der Waals surface area contributed by atoms with Crippen molar-refractivity contribution in [3.05, 3.63) is 112 Å². The van der Waals surface area contributed by atoms with E-state index >= 15 is 0 Å². The number of pyridine rings is 1. The summed E-state index contributed by atoms with van der Waals surface area (Å²) in [5, 5.41) is 14.5. The Morgan fingerprint density at radius 1 is 1.00 bits per heavy atom. The maximum absolute atomic E-state index is 12.1. The Morgan fingerprint density at radius 3 is 1.94 bits per heavy atom. The van der Waals surface area contributed by atoms with E-state index in [1.54, 1.807) is 19.1 Å². The van der Waals surface area contributed by atoms with Crippen LogP contribution in [0.15, 0.2) is 91.1 Å². The van der Waals surface area contributed by atoms with Gasteiger partial charge in [0.25, 0.3) is 8.32 Å². The van der Waals surface area contributed by atoms with E-state index in [1.807, 2.05) is 36.4 Å². The summed E-state index contributed by atoms with van der Waals surface area (Å²) in [4.78, 5) is 15.9. The molecular weight excluding hydrogens is 464 g/mol. The minimum atomic E-state index is -2.76. The molecule has 0 unspecified atom stereocenters. The molecule has 1 heterocycles. The molecule has 0 saturated carbocycles. The SMILES string of the molecule is C=C(CO[Si](c1ccccc1)(c1ccccc1)C(C)(C)C)C[C@@](C)(c1ccc(Cl)nc1)[N+](=O)[O-]. The highest BCUT2D eigenvalue weighted by Crippen LogP contribution is 2.38. The molecular formula is C27H31ClN2O3Si. The van der Waals surface area contributed by atoms with Crippen molar-refractivity contribution in [3.8, 4) is 0 Å². The van der Waals surface area contributed by atoms with E-state index in [9.17, 15) is 10.1 Å². The molecule has 34 heavy (non-hydrogen) atoms. The van der Waals surface area contributed by atoms with Crippen molar-refractivity contribution in [2.75, 3.05) is 6.61 Å². The minimum absolute atomic E-state index is 0.127. The van der Waals surface area contributed by atoms with Gasteiger partial charge in [-0.1, -0.05) is 99.6 Å². The van der Waals surface area contributed by atoms with Crippen molar-refractivity contribution < 1.29 is 9.35 Å². The van der Waals surface area contributed by atoms with E-state index < -0.39 is 13.9 Å². The van der Waals surface area contributed by atoms with Crippen LogP contribution in [0.1, 0.15) is 39.7 Å². The van der Waals surface area contributed by atoms with Gasteiger partial charge in [-0.25, -0.2) is 4.98 Å². The number of hydrogen-bond acceptors (Lipinski definition) is 4. The van der Waals surface area contributed by atoms with Gasteiger partial charge in [0, 0.05) is 30.0 Å². The lowest BCUT2D eigenvalue weighted by Crippen LogP contribution is -2.66. The molecule has 0 aliphatic rings. The summed E-state index contributed by atoms with van der Waals surface area (Å²) in [6, 6.07) is 23.8. The molecule has 0 saturated heterocycles. The molecule has 0 amide bonds. The summed E-state index contributed by atoms with van der Waals surface area (Å²) in [5.74, 6) is 0. The largest absolute Gasteiger partial charge is 0.403 e. The van der Waals surface area contributed by atoms with E-state index in [-0.39, 0.29) is 23.0 Å². The monoisotopic (exact) mass is 494 g/mol. The van der Waals surface area contributed by atoms with Gasteiger partial charge in [-0.15, -0.1) is 0 Å². The molecule has 1 atom stereocenters. The van der Waals surface area contributed by atoms with Gasteiger partial charge >= 0.3 is 0 Å². The van der Waals surface area contributed by atoms with Gasteiger partial charge in [-0.3, -0.25) is 10.1 Å². The summed E-state index contributed by atoms with van der Waals surface area (Å²) in [6.45, 7) is 12.6. The number of benzene rings is 2. The third-order valence-electron chi connectivity index (χ3n) is 6.26. The fraction of sp³-hybridized carbons (Fsp3) is 0.296. The molecule has 0 spiro atoms. The first-order chi connectivity index (χ1) is 16.0.